The molecule has 4 heteroatoms. The van der Waals surface area contributed by atoms with Crippen LogP contribution in [-0.2, 0) is 0 Å². The van der Waals surface area contributed by atoms with Crippen LogP contribution in [0.3, 0.4) is 0 Å². The maximum absolute atomic E-state index is 10.7. The van der Waals surface area contributed by atoms with E-state index >= 15 is 0 Å². The second kappa shape index (κ2) is 5.49. The van der Waals surface area contributed by atoms with Crippen LogP contribution in [-0.4, -0.2) is 11.5 Å². The van der Waals surface area contributed by atoms with E-state index in [4.69, 9.17) is 0 Å². The molecule has 0 saturated heterocycles. The van der Waals surface area contributed by atoms with Crippen LogP contribution in [0.25, 0.3) is 0 Å². The van der Waals surface area contributed by atoms with Gasteiger partial charge >= 0.3 is 0 Å². The lowest BCUT2D eigenvalue weighted by Gasteiger charge is -2.08. The van der Waals surface area contributed by atoms with Crippen LogP contribution in [0.1, 0.15) is 25.8 Å². The normalized spacial score (nSPS) is 10.5. The smallest absolute Gasteiger partial charge is 0.274 e. The zero-order valence-electron chi connectivity index (χ0n) is 9.99. The van der Waals surface area contributed by atoms with Crippen LogP contribution >= 0.6 is 0 Å². The molecule has 0 aliphatic heterocycles. The predicted molar refractivity (Wildman–Crippen MR) is 65.8 cm³/mol. The van der Waals surface area contributed by atoms with Crippen molar-refractivity contribution in [2.24, 2.45) is 5.92 Å². The van der Waals surface area contributed by atoms with Gasteiger partial charge in [-0.2, -0.15) is 0 Å². The van der Waals surface area contributed by atoms with Gasteiger partial charge < -0.3 is 5.32 Å². The molecular formula is C12H18N2O2. The highest BCUT2D eigenvalue weighted by Crippen LogP contribution is 2.22. The van der Waals surface area contributed by atoms with E-state index in [9.17, 15) is 10.1 Å². The van der Waals surface area contributed by atoms with Crippen LogP contribution < -0.4 is 5.32 Å². The van der Waals surface area contributed by atoms with Crippen LogP contribution in [0.5, 0.6) is 0 Å². The standard InChI is InChI=1S/C12H18N2O2/c1-9(2)6-7-13-11-5-4-10(3)12(8-11)14(15)16/h4-5,8-9,13H,6-7H2,1-3H3. The highest BCUT2D eigenvalue weighted by molar-refractivity contribution is 5.54. The molecule has 0 heterocycles. The fourth-order valence-corrected chi connectivity index (χ4v) is 1.42. The highest BCUT2D eigenvalue weighted by atomic mass is 16.6. The number of aryl methyl sites for hydroxylation is 1. The highest BCUT2D eigenvalue weighted by Gasteiger charge is 2.10. The summed E-state index contributed by atoms with van der Waals surface area (Å²) in [7, 11) is 0. The van der Waals surface area contributed by atoms with Crippen molar-refractivity contribution in [3.05, 3.63) is 33.9 Å². The lowest BCUT2D eigenvalue weighted by atomic mass is 10.1. The molecule has 0 aromatic heterocycles. The fraction of sp³-hybridized carbons (Fsp3) is 0.500. The first-order valence-corrected chi connectivity index (χ1v) is 5.49. The third-order valence-corrected chi connectivity index (χ3v) is 2.46. The molecule has 0 amide bonds. The van der Waals surface area contributed by atoms with E-state index in [0.29, 0.717) is 11.5 Å². The van der Waals surface area contributed by atoms with E-state index < -0.39 is 0 Å². The Balaban J connectivity index is 2.68. The van der Waals surface area contributed by atoms with Gasteiger partial charge in [-0.3, -0.25) is 10.1 Å². The maximum Gasteiger partial charge on any atom is 0.274 e. The van der Waals surface area contributed by atoms with Gasteiger partial charge in [0.05, 0.1) is 4.92 Å². The summed E-state index contributed by atoms with van der Waals surface area (Å²) in [6.07, 6.45) is 1.06. The molecule has 88 valence electrons. The van der Waals surface area contributed by atoms with E-state index in [1.165, 1.54) is 0 Å². The number of rotatable bonds is 5. The van der Waals surface area contributed by atoms with E-state index in [2.05, 4.69) is 19.2 Å². The van der Waals surface area contributed by atoms with Crippen LogP contribution in [0.15, 0.2) is 18.2 Å². The van der Waals surface area contributed by atoms with Gasteiger partial charge in [-0.1, -0.05) is 19.9 Å². The molecule has 0 fully saturated rings. The van der Waals surface area contributed by atoms with Gasteiger partial charge in [-0.15, -0.1) is 0 Å². The number of nitro benzene ring substituents is 1. The van der Waals surface area contributed by atoms with Crippen molar-refractivity contribution in [2.45, 2.75) is 27.2 Å². The van der Waals surface area contributed by atoms with E-state index in [0.717, 1.165) is 18.7 Å². The molecule has 1 N–H and O–H groups in total. The van der Waals surface area contributed by atoms with E-state index in [1.807, 2.05) is 6.07 Å². The topological polar surface area (TPSA) is 55.2 Å². The largest absolute Gasteiger partial charge is 0.385 e. The number of anilines is 1. The van der Waals surface area contributed by atoms with Crippen molar-refractivity contribution in [1.29, 1.82) is 0 Å². The molecule has 0 saturated carbocycles. The molecule has 1 aromatic rings. The van der Waals surface area contributed by atoms with Gasteiger partial charge in [0.2, 0.25) is 0 Å². The molecular weight excluding hydrogens is 204 g/mol. The van der Waals surface area contributed by atoms with Crippen molar-refractivity contribution < 1.29 is 4.92 Å². The second-order valence-electron chi connectivity index (χ2n) is 4.37. The molecule has 16 heavy (non-hydrogen) atoms. The third kappa shape index (κ3) is 3.53. The SMILES string of the molecule is Cc1ccc(NCCC(C)C)cc1[N+](=O)[O-]. The molecule has 0 radical (unpaired) electrons. The Bertz CT molecular complexity index is 375. The van der Waals surface area contributed by atoms with Gasteiger partial charge in [-0.05, 0) is 25.3 Å². The summed E-state index contributed by atoms with van der Waals surface area (Å²) in [5.74, 6) is 0.632. The van der Waals surface area contributed by atoms with Crippen molar-refractivity contribution in [3.63, 3.8) is 0 Å². The van der Waals surface area contributed by atoms with Gasteiger partial charge in [0.15, 0.2) is 0 Å². The summed E-state index contributed by atoms with van der Waals surface area (Å²) in [6.45, 7) is 6.90. The Morgan fingerprint density at radius 1 is 1.44 bits per heavy atom. The summed E-state index contributed by atoms with van der Waals surface area (Å²) >= 11 is 0. The Hall–Kier alpha value is -1.58. The summed E-state index contributed by atoms with van der Waals surface area (Å²) in [5, 5.41) is 13.9. The van der Waals surface area contributed by atoms with Crippen molar-refractivity contribution in [2.75, 3.05) is 11.9 Å². The van der Waals surface area contributed by atoms with Crippen molar-refractivity contribution in [3.8, 4) is 0 Å². The molecule has 0 aliphatic carbocycles. The average Bonchev–Trinajstić information content (AvgIpc) is 2.19. The molecule has 0 bridgehead atoms. The quantitative estimate of drug-likeness (QED) is 0.614. The molecule has 0 spiro atoms. The van der Waals surface area contributed by atoms with E-state index in [-0.39, 0.29) is 10.6 Å². The zero-order chi connectivity index (χ0) is 12.1. The van der Waals surface area contributed by atoms with Gasteiger partial charge in [-0.25, -0.2) is 0 Å². The fourth-order valence-electron chi connectivity index (χ4n) is 1.42. The molecule has 0 aliphatic rings. The average molecular weight is 222 g/mol. The van der Waals surface area contributed by atoms with Crippen molar-refractivity contribution in [1.82, 2.24) is 0 Å². The van der Waals surface area contributed by atoms with Gasteiger partial charge in [0.25, 0.3) is 5.69 Å². The number of benzene rings is 1. The van der Waals surface area contributed by atoms with Crippen LogP contribution in [0.2, 0.25) is 0 Å². The minimum absolute atomic E-state index is 0.176. The van der Waals surface area contributed by atoms with Gasteiger partial charge in [0.1, 0.15) is 0 Å². The summed E-state index contributed by atoms with van der Waals surface area (Å²) in [6, 6.07) is 5.24. The molecule has 4 nitrogen and oxygen atoms in total. The Labute approximate surface area is 95.8 Å². The number of nitro groups is 1. The maximum atomic E-state index is 10.7. The molecule has 1 aromatic carbocycles. The second-order valence-corrected chi connectivity index (χ2v) is 4.37. The molecule has 0 atom stereocenters. The third-order valence-electron chi connectivity index (χ3n) is 2.46. The van der Waals surface area contributed by atoms with Gasteiger partial charge in [0, 0.05) is 23.9 Å². The summed E-state index contributed by atoms with van der Waals surface area (Å²) < 4.78 is 0. The van der Waals surface area contributed by atoms with Crippen LogP contribution in [0.4, 0.5) is 11.4 Å². The molecule has 1 rings (SSSR count). The minimum Gasteiger partial charge on any atom is -0.385 e. The minimum atomic E-state index is -0.344. The molecule has 0 unspecified atom stereocenters. The predicted octanol–water partition coefficient (Wildman–Crippen LogP) is 3.36. The van der Waals surface area contributed by atoms with Crippen molar-refractivity contribution >= 4 is 11.4 Å². The summed E-state index contributed by atoms with van der Waals surface area (Å²) in [5.41, 5.74) is 1.69. The Morgan fingerprint density at radius 2 is 2.12 bits per heavy atom. The monoisotopic (exact) mass is 222 g/mol. The Kier molecular flexibility index (Phi) is 4.28. The number of hydrogen-bond acceptors (Lipinski definition) is 3. The lowest BCUT2D eigenvalue weighted by molar-refractivity contribution is -0.385. The number of hydrogen-bond donors (Lipinski definition) is 1. The Morgan fingerprint density at radius 3 is 2.69 bits per heavy atom. The number of nitrogens with zero attached hydrogens (tertiary/aromatic N) is 1. The first kappa shape index (κ1) is 12.5. The summed E-state index contributed by atoms with van der Waals surface area (Å²) in [4.78, 5) is 10.4. The van der Waals surface area contributed by atoms with E-state index in [1.54, 1.807) is 19.1 Å². The number of nitrogens with one attached hydrogen (secondary N) is 1. The first-order chi connectivity index (χ1) is 7.50. The lowest BCUT2D eigenvalue weighted by Crippen LogP contribution is -2.05. The zero-order valence-corrected chi connectivity index (χ0v) is 9.99. The first-order valence-electron chi connectivity index (χ1n) is 5.49. The van der Waals surface area contributed by atoms with Crippen LogP contribution in [0, 0.1) is 23.0 Å².